The molecule has 0 atom stereocenters. The van der Waals surface area contributed by atoms with Gasteiger partial charge in [0.2, 0.25) is 0 Å². The second kappa shape index (κ2) is 4.35. The molecule has 98 valence electrons. The highest BCUT2D eigenvalue weighted by molar-refractivity contribution is 7.17. The second-order valence-electron chi connectivity index (χ2n) is 4.37. The van der Waals surface area contributed by atoms with Crippen molar-refractivity contribution in [2.75, 3.05) is 7.11 Å². The van der Waals surface area contributed by atoms with E-state index < -0.39 is 0 Å². The van der Waals surface area contributed by atoms with Crippen LogP contribution in [-0.4, -0.2) is 16.5 Å². The van der Waals surface area contributed by atoms with Crippen molar-refractivity contribution in [3.05, 3.63) is 40.8 Å². The van der Waals surface area contributed by atoms with Crippen LogP contribution in [0.3, 0.4) is 0 Å². The monoisotopic (exact) mass is 276 g/mol. The number of halogens is 1. The summed E-state index contributed by atoms with van der Waals surface area (Å²) in [6.45, 7) is 4.13. The van der Waals surface area contributed by atoms with E-state index in [0.29, 0.717) is 0 Å². The zero-order valence-electron chi connectivity index (χ0n) is 10.9. The van der Waals surface area contributed by atoms with Crippen molar-refractivity contribution >= 4 is 16.3 Å². The minimum Gasteiger partial charge on any atom is -0.494 e. The van der Waals surface area contributed by atoms with Crippen LogP contribution in [0.25, 0.3) is 16.2 Å². The molecule has 3 nitrogen and oxygen atoms in total. The van der Waals surface area contributed by atoms with Crippen LogP contribution in [0.15, 0.2) is 24.4 Å². The molecule has 2 heterocycles. The van der Waals surface area contributed by atoms with Crippen molar-refractivity contribution in [3.8, 4) is 17.0 Å². The van der Waals surface area contributed by atoms with Gasteiger partial charge in [-0.05, 0) is 32.0 Å². The molecule has 2 aromatic heterocycles. The summed E-state index contributed by atoms with van der Waals surface area (Å²) in [6.07, 6.45) is 1.94. The lowest BCUT2D eigenvalue weighted by Gasteiger charge is -2.02. The molecule has 0 N–H and O–H groups in total. The molecule has 0 aliphatic heterocycles. The standard InChI is InChI=1S/C14H13FN2OS/c1-8-9(2)19-14-16-12(7-17(8)14)10-4-5-13(18-3)11(15)6-10/h4-7H,1-3H3. The molecule has 0 spiro atoms. The maximum atomic E-state index is 13.7. The smallest absolute Gasteiger partial charge is 0.194 e. The Bertz CT molecular complexity index is 760. The number of ether oxygens (including phenoxy) is 1. The van der Waals surface area contributed by atoms with Gasteiger partial charge in [-0.1, -0.05) is 0 Å². The number of rotatable bonds is 2. The van der Waals surface area contributed by atoms with Crippen molar-refractivity contribution in [1.29, 1.82) is 0 Å². The summed E-state index contributed by atoms with van der Waals surface area (Å²) >= 11 is 1.64. The van der Waals surface area contributed by atoms with E-state index in [1.807, 2.05) is 16.7 Å². The maximum absolute atomic E-state index is 13.7. The minimum atomic E-state index is -0.371. The van der Waals surface area contributed by atoms with E-state index in [-0.39, 0.29) is 11.6 Å². The predicted octanol–water partition coefficient (Wildman–Crippen LogP) is 3.83. The minimum absolute atomic E-state index is 0.247. The van der Waals surface area contributed by atoms with Gasteiger partial charge in [0.1, 0.15) is 0 Å². The lowest BCUT2D eigenvalue weighted by molar-refractivity contribution is 0.386. The van der Waals surface area contributed by atoms with Gasteiger partial charge >= 0.3 is 0 Å². The third-order valence-electron chi connectivity index (χ3n) is 3.24. The van der Waals surface area contributed by atoms with Gasteiger partial charge in [-0.3, -0.25) is 4.40 Å². The first kappa shape index (κ1) is 12.2. The van der Waals surface area contributed by atoms with E-state index in [9.17, 15) is 4.39 Å². The molecule has 0 aliphatic rings. The second-order valence-corrected chi connectivity index (χ2v) is 5.55. The molecule has 0 unspecified atom stereocenters. The van der Waals surface area contributed by atoms with E-state index >= 15 is 0 Å². The van der Waals surface area contributed by atoms with Crippen LogP contribution < -0.4 is 4.74 Å². The number of hydrogen-bond acceptors (Lipinski definition) is 3. The summed E-state index contributed by atoms with van der Waals surface area (Å²) in [5.74, 6) is -0.124. The average molecular weight is 276 g/mol. The highest BCUT2D eigenvalue weighted by Crippen LogP contribution is 2.28. The zero-order chi connectivity index (χ0) is 13.6. The highest BCUT2D eigenvalue weighted by Gasteiger charge is 2.12. The van der Waals surface area contributed by atoms with Gasteiger partial charge in [0.05, 0.1) is 12.8 Å². The third-order valence-corrected chi connectivity index (χ3v) is 4.31. The average Bonchev–Trinajstić information content (AvgIpc) is 2.91. The van der Waals surface area contributed by atoms with Crippen LogP contribution in [0.4, 0.5) is 4.39 Å². The summed E-state index contributed by atoms with van der Waals surface area (Å²) in [5.41, 5.74) is 2.70. The van der Waals surface area contributed by atoms with Crippen LogP contribution in [0, 0.1) is 19.7 Å². The molecular weight excluding hydrogens is 263 g/mol. The molecule has 0 fully saturated rings. The molecule has 0 bridgehead atoms. The number of aromatic nitrogens is 2. The number of benzene rings is 1. The normalized spacial score (nSPS) is 11.2. The molecular formula is C14H13FN2OS. The number of methoxy groups -OCH3 is 1. The summed E-state index contributed by atoms with van der Waals surface area (Å²) in [6, 6.07) is 4.89. The Labute approximate surface area is 114 Å². The van der Waals surface area contributed by atoms with Gasteiger partial charge in [-0.25, -0.2) is 9.37 Å². The third kappa shape index (κ3) is 1.90. The van der Waals surface area contributed by atoms with Gasteiger partial charge in [0.25, 0.3) is 0 Å². The van der Waals surface area contributed by atoms with Gasteiger partial charge in [0.15, 0.2) is 16.5 Å². The van der Waals surface area contributed by atoms with E-state index in [4.69, 9.17) is 4.74 Å². The van der Waals surface area contributed by atoms with Crippen LogP contribution in [0.5, 0.6) is 5.75 Å². The van der Waals surface area contributed by atoms with Crippen molar-refractivity contribution in [1.82, 2.24) is 9.38 Å². The highest BCUT2D eigenvalue weighted by atomic mass is 32.1. The number of nitrogens with zero attached hydrogens (tertiary/aromatic N) is 2. The lowest BCUT2D eigenvalue weighted by Crippen LogP contribution is -1.88. The molecule has 19 heavy (non-hydrogen) atoms. The first-order valence-electron chi connectivity index (χ1n) is 5.89. The van der Waals surface area contributed by atoms with Crippen molar-refractivity contribution in [3.63, 3.8) is 0 Å². The number of thiazole rings is 1. The summed E-state index contributed by atoms with van der Waals surface area (Å²) in [4.78, 5) is 6.71. The van der Waals surface area contributed by atoms with E-state index in [2.05, 4.69) is 18.8 Å². The fourth-order valence-electron chi connectivity index (χ4n) is 2.02. The number of imidazole rings is 1. The van der Waals surface area contributed by atoms with Gasteiger partial charge < -0.3 is 4.74 Å². The Morgan fingerprint density at radius 2 is 2.11 bits per heavy atom. The molecule has 0 amide bonds. The van der Waals surface area contributed by atoms with Crippen molar-refractivity contribution in [2.45, 2.75) is 13.8 Å². The Hall–Kier alpha value is -1.88. The van der Waals surface area contributed by atoms with Gasteiger partial charge in [-0.15, -0.1) is 11.3 Å². The Morgan fingerprint density at radius 1 is 1.32 bits per heavy atom. The molecule has 0 aliphatic carbocycles. The first-order chi connectivity index (χ1) is 9.10. The number of fused-ring (bicyclic) bond motifs is 1. The zero-order valence-corrected chi connectivity index (χ0v) is 11.7. The summed E-state index contributed by atoms with van der Waals surface area (Å²) < 4.78 is 20.7. The lowest BCUT2D eigenvalue weighted by atomic mass is 10.1. The van der Waals surface area contributed by atoms with Gasteiger partial charge in [-0.2, -0.15) is 0 Å². The molecule has 0 radical (unpaired) electrons. The summed E-state index contributed by atoms with van der Waals surface area (Å²) in [5, 5.41) is 0. The van der Waals surface area contributed by atoms with Crippen LogP contribution in [-0.2, 0) is 0 Å². The molecule has 3 aromatic rings. The largest absolute Gasteiger partial charge is 0.494 e. The summed E-state index contributed by atoms with van der Waals surface area (Å²) in [7, 11) is 1.46. The fraction of sp³-hybridized carbons (Fsp3) is 0.214. The van der Waals surface area contributed by atoms with Crippen LogP contribution in [0.2, 0.25) is 0 Å². The number of hydrogen-bond donors (Lipinski definition) is 0. The topological polar surface area (TPSA) is 26.5 Å². The molecule has 5 heteroatoms. The Kier molecular flexibility index (Phi) is 2.78. The molecule has 0 saturated heterocycles. The molecule has 1 aromatic carbocycles. The Morgan fingerprint density at radius 3 is 2.74 bits per heavy atom. The molecule has 0 saturated carbocycles. The van der Waals surface area contributed by atoms with E-state index in [1.165, 1.54) is 23.7 Å². The quantitative estimate of drug-likeness (QED) is 0.711. The van der Waals surface area contributed by atoms with E-state index in [1.54, 1.807) is 17.4 Å². The fourth-order valence-corrected chi connectivity index (χ4v) is 2.97. The van der Waals surface area contributed by atoms with Crippen molar-refractivity contribution < 1.29 is 9.13 Å². The van der Waals surface area contributed by atoms with Crippen molar-refractivity contribution in [2.24, 2.45) is 0 Å². The van der Waals surface area contributed by atoms with E-state index in [0.717, 1.165) is 16.2 Å². The SMILES string of the molecule is COc1ccc(-c2cn3c(C)c(C)sc3n2)cc1F. The van der Waals surface area contributed by atoms with Crippen LogP contribution in [0.1, 0.15) is 10.6 Å². The predicted molar refractivity (Wildman–Crippen MR) is 74.5 cm³/mol. The maximum Gasteiger partial charge on any atom is 0.194 e. The molecule has 3 rings (SSSR count). The first-order valence-corrected chi connectivity index (χ1v) is 6.71. The van der Waals surface area contributed by atoms with Crippen LogP contribution >= 0.6 is 11.3 Å². The number of aryl methyl sites for hydroxylation is 2. The van der Waals surface area contributed by atoms with Gasteiger partial charge in [0, 0.05) is 22.3 Å². The Balaban J connectivity index is 2.11.